The highest BCUT2D eigenvalue weighted by molar-refractivity contribution is 7.91. The number of piperidine rings is 1. The van der Waals surface area contributed by atoms with Gasteiger partial charge in [-0.05, 0) is 66.4 Å². The Morgan fingerprint density at radius 1 is 0.930 bits per heavy atom. The number of nitrogens with two attached hydrogens (primary N) is 1. The lowest BCUT2D eigenvalue weighted by Gasteiger charge is -2.40. The molecule has 1 spiro atoms. The van der Waals surface area contributed by atoms with Crippen LogP contribution in [0.3, 0.4) is 0 Å². The fraction of sp³-hybridized carbons (Fsp3) is 0.273. The summed E-state index contributed by atoms with van der Waals surface area (Å²) < 4.78 is 32.2. The molecular formula is C33H33N3O6S. The van der Waals surface area contributed by atoms with Gasteiger partial charge in [0.25, 0.3) is 5.91 Å². The van der Waals surface area contributed by atoms with Crippen LogP contribution in [-0.4, -0.2) is 62.2 Å². The van der Waals surface area contributed by atoms with Crippen molar-refractivity contribution in [1.82, 2.24) is 4.90 Å². The Bertz CT molecular complexity index is 1760. The number of carboxylic acids is 1. The van der Waals surface area contributed by atoms with Crippen LogP contribution in [0.25, 0.3) is 11.3 Å². The summed E-state index contributed by atoms with van der Waals surface area (Å²) in [5.74, 6) is -0.382. The number of carboxylic acid groups (broad SMARTS) is 1. The summed E-state index contributed by atoms with van der Waals surface area (Å²) in [6.07, 6.45) is 1.46. The Kier molecular flexibility index (Phi) is 7.57. The molecule has 3 heterocycles. The first kappa shape index (κ1) is 28.7. The third-order valence-electron chi connectivity index (χ3n) is 8.68. The van der Waals surface area contributed by atoms with Crippen molar-refractivity contribution in [2.24, 2.45) is 5.73 Å². The highest BCUT2D eigenvalue weighted by atomic mass is 32.2. The van der Waals surface area contributed by atoms with Crippen molar-refractivity contribution >= 4 is 27.4 Å². The maximum Gasteiger partial charge on any atom is 0.335 e. The molecule has 1 fully saturated rings. The fourth-order valence-electron chi connectivity index (χ4n) is 6.23. The number of sulfone groups is 1. The lowest BCUT2D eigenvalue weighted by molar-refractivity contribution is 0.0642. The van der Waals surface area contributed by atoms with Crippen LogP contribution in [0.2, 0.25) is 0 Å². The van der Waals surface area contributed by atoms with E-state index in [0.29, 0.717) is 37.7 Å². The van der Waals surface area contributed by atoms with Crippen molar-refractivity contribution in [3.8, 4) is 11.3 Å². The van der Waals surface area contributed by atoms with Gasteiger partial charge in [0, 0.05) is 49.4 Å². The topological polar surface area (TPSA) is 134 Å². The van der Waals surface area contributed by atoms with Crippen LogP contribution in [0.5, 0.6) is 0 Å². The zero-order valence-corrected chi connectivity index (χ0v) is 24.4. The second-order valence-electron chi connectivity index (χ2n) is 11.2. The van der Waals surface area contributed by atoms with Gasteiger partial charge in [0.05, 0.1) is 16.2 Å². The molecular weight excluding hydrogens is 566 g/mol. The van der Waals surface area contributed by atoms with Gasteiger partial charge in [0.2, 0.25) is 0 Å². The number of carbonyl (C=O) groups excluding carboxylic acids is 1. The smallest absolute Gasteiger partial charge is 0.335 e. The highest BCUT2D eigenvalue weighted by Crippen LogP contribution is 2.47. The molecule has 9 nitrogen and oxygen atoms in total. The summed E-state index contributed by atoms with van der Waals surface area (Å²) in [5, 5.41) is 9.14. The van der Waals surface area contributed by atoms with Crippen LogP contribution in [0.1, 0.15) is 44.9 Å². The number of hydrogen-bond donors (Lipinski definition) is 2. The number of benzene rings is 3. The van der Waals surface area contributed by atoms with Crippen LogP contribution in [-0.2, 0) is 21.8 Å². The molecule has 3 N–H and O–H groups in total. The van der Waals surface area contributed by atoms with Gasteiger partial charge in [-0.2, -0.15) is 0 Å². The molecule has 43 heavy (non-hydrogen) atoms. The van der Waals surface area contributed by atoms with Crippen molar-refractivity contribution in [2.75, 3.05) is 36.8 Å². The lowest BCUT2D eigenvalue weighted by Crippen LogP contribution is -2.47. The molecule has 0 unspecified atom stereocenters. The van der Waals surface area contributed by atoms with Crippen LogP contribution < -0.4 is 10.6 Å². The van der Waals surface area contributed by atoms with Gasteiger partial charge in [-0.3, -0.25) is 4.79 Å². The van der Waals surface area contributed by atoms with Crippen molar-refractivity contribution in [2.45, 2.75) is 29.7 Å². The highest BCUT2D eigenvalue weighted by Gasteiger charge is 2.45. The predicted octanol–water partition coefficient (Wildman–Crippen LogP) is 4.57. The number of rotatable bonds is 8. The van der Waals surface area contributed by atoms with Gasteiger partial charge in [0.15, 0.2) is 15.6 Å². The Labute approximate surface area is 250 Å². The third-order valence-corrected chi connectivity index (χ3v) is 10.4. The average molecular weight is 600 g/mol. The van der Waals surface area contributed by atoms with Gasteiger partial charge >= 0.3 is 5.97 Å². The standard InChI is InChI=1S/C33H33N3O6S/c34-21-23-6-11-28-27(20-23)33(22-36(28)18-19-43(40,41)26-9-7-25(8-10-26)32(38)39)14-16-35(17-15-33)31(37)30-13-12-29(42-30)24-4-2-1-3-5-24/h1-13,20H,14-19,21-22,34H2,(H,38,39). The largest absolute Gasteiger partial charge is 0.478 e. The Morgan fingerprint density at radius 2 is 1.65 bits per heavy atom. The Balaban J connectivity index is 1.17. The summed E-state index contributed by atoms with van der Waals surface area (Å²) in [7, 11) is -3.63. The van der Waals surface area contributed by atoms with Crippen LogP contribution >= 0.6 is 0 Å². The Hall–Kier alpha value is -4.41. The zero-order chi connectivity index (χ0) is 30.2. The van der Waals surface area contributed by atoms with Crippen molar-refractivity contribution in [1.29, 1.82) is 0 Å². The first-order valence-electron chi connectivity index (χ1n) is 14.3. The van der Waals surface area contributed by atoms with Crippen LogP contribution in [0.15, 0.2) is 94.2 Å². The zero-order valence-electron chi connectivity index (χ0n) is 23.6. The number of anilines is 1. The summed E-state index contributed by atoms with van der Waals surface area (Å²) in [6.45, 7) is 2.43. The third kappa shape index (κ3) is 5.55. The van der Waals surface area contributed by atoms with E-state index in [0.717, 1.165) is 35.2 Å². The summed E-state index contributed by atoms with van der Waals surface area (Å²) >= 11 is 0. The van der Waals surface area contributed by atoms with Crippen LogP contribution in [0.4, 0.5) is 5.69 Å². The van der Waals surface area contributed by atoms with E-state index in [1.54, 1.807) is 6.07 Å². The minimum absolute atomic E-state index is 0.0403. The molecule has 2 aliphatic heterocycles. The SMILES string of the molecule is NCc1ccc2c(c1)C1(CCN(C(=O)c3ccc(-c4ccccc4)o3)CC1)CN2CCS(=O)(=O)c1ccc(C(=O)O)cc1. The number of amides is 1. The van der Waals surface area contributed by atoms with Crippen LogP contribution in [0, 0.1) is 0 Å². The van der Waals surface area contributed by atoms with E-state index < -0.39 is 15.8 Å². The Morgan fingerprint density at radius 3 is 2.33 bits per heavy atom. The van der Waals surface area contributed by atoms with Gasteiger partial charge in [-0.1, -0.05) is 42.5 Å². The molecule has 1 aromatic heterocycles. The van der Waals surface area contributed by atoms with Crippen molar-refractivity contribution in [3.63, 3.8) is 0 Å². The quantitative estimate of drug-likeness (QED) is 0.301. The average Bonchev–Trinajstić information content (AvgIpc) is 3.64. The minimum Gasteiger partial charge on any atom is -0.478 e. The molecule has 4 aromatic rings. The van der Waals surface area contributed by atoms with E-state index in [2.05, 4.69) is 11.0 Å². The second kappa shape index (κ2) is 11.3. The molecule has 6 rings (SSSR count). The molecule has 3 aromatic carbocycles. The molecule has 222 valence electrons. The van der Waals surface area contributed by atoms with Gasteiger partial charge < -0.3 is 25.1 Å². The number of fused-ring (bicyclic) bond motifs is 2. The van der Waals surface area contributed by atoms with E-state index in [-0.39, 0.29) is 34.1 Å². The first-order valence-corrected chi connectivity index (χ1v) is 15.9. The number of aromatic carboxylic acids is 1. The van der Waals surface area contributed by atoms with Crippen molar-refractivity contribution < 1.29 is 27.5 Å². The van der Waals surface area contributed by atoms with E-state index >= 15 is 0 Å². The maximum absolute atomic E-state index is 13.4. The number of nitrogens with zero attached hydrogens (tertiary/aromatic N) is 2. The van der Waals surface area contributed by atoms with E-state index in [9.17, 15) is 18.0 Å². The molecule has 10 heteroatoms. The van der Waals surface area contributed by atoms with E-state index in [4.69, 9.17) is 15.3 Å². The normalized spacial score (nSPS) is 15.9. The minimum atomic E-state index is -3.63. The monoisotopic (exact) mass is 599 g/mol. The molecule has 0 bridgehead atoms. The number of carbonyl (C=O) groups is 2. The molecule has 0 radical (unpaired) electrons. The molecule has 1 amide bonds. The summed E-state index contributed by atoms with van der Waals surface area (Å²) in [4.78, 5) is 28.6. The second-order valence-corrected chi connectivity index (χ2v) is 13.3. The predicted molar refractivity (Wildman–Crippen MR) is 163 cm³/mol. The number of hydrogen-bond acceptors (Lipinski definition) is 7. The molecule has 0 saturated carbocycles. The molecule has 0 atom stereocenters. The number of likely N-dealkylation sites (tertiary alicyclic amines) is 1. The summed E-state index contributed by atoms with van der Waals surface area (Å²) in [5.41, 5.74) is 9.85. The summed E-state index contributed by atoms with van der Waals surface area (Å²) in [6, 6.07) is 24.7. The molecule has 0 aliphatic carbocycles. The molecule has 2 aliphatic rings. The van der Waals surface area contributed by atoms with Gasteiger partial charge in [-0.25, -0.2) is 13.2 Å². The van der Waals surface area contributed by atoms with Gasteiger partial charge in [-0.15, -0.1) is 0 Å². The van der Waals surface area contributed by atoms with Crippen molar-refractivity contribution in [3.05, 3.63) is 107 Å². The van der Waals surface area contributed by atoms with E-state index in [1.807, 2.05) is 53.4 Å². The number of furan rings is 1. The molecule has 1 saturated heterocycles. The lowest BCUT2D eigenvalue weighted by atomic mass is 9.74. The van der Waals surface area contributed by atoms with E-state index in [1.165, 1.54) is 24.3 Å². The first-order chi connectivity index (χ1) is 20.7. The maximum atomic E-state index is 13.4. The van der Waals surface area contributed by atoms with Gasteiger partial charge in [0.1, 0.15) is 5.76 Å². The fourth-order valence-corrected chi connectivity index (χ4v) is 7.48.